The maximum Gasteiger partial charge on any atom is 0.254 e. The fourth-order valence-electron chi connectivity index (χ4n) is 3.10. The molecule has 2 aromatic heterocycles. The Morgan fingerprint density at radius 1 is 1.18 bits per heavy atom. The zero-order valence-corrected chi connectivity index (χ0v) is 16.8. The Labute approximate surface area is 165 Å². The van der Waals surface area contributed by atoms with Crippen LogP contribution in [0.2, 0.25) is 0 Å². The monoisotopic (exact) mass is 375 g/mol. The van der Waals surface area contributed by atoms with Gasteiger partial charge in [-0.15, -0.1) is 0 Å². The van der Waals surface area contributed by atoms with Crippen LogP contribution in [-0.4, -0.2) is 37.8 Å². The van der Waals surface area contributed by atoms with Gasteiger partial charge in [-0.3, -0.25) is 4.79 Å². The summed E-state index contributed by atoms with van der Waals surface area (Å²) in [5.41, 5.74) is 4.21. The van der Waals surface area contributed by atoms with Gasteiger partial charge in [0.25, 0.3) is 5.91 Å². The Balaban J connectivity index is 1.88. The molecule has 0 spiro atoms. The number of aromatic nitrogens is 4. The van der Waals surface area contributed by atoms with Crippen molar-refractivity contribution < 1.29 is 4.79 Å². The Kier molecular flexibility index (Phi) is 6.09. The molecule has 0 bridgehead atoms. The van der Waals surface area contributed by atoms with E-state index in [9.17, 15) is 4.79 Å². The fraction of sp³-hybridized carbons (Fsp3) is 0.318. The minimum atomic E-state index is -0.156. The second kappa shape index (κ2) is 8.69. The molecule has 0 unspecified atom stereocenters. The van der Waals surface area contributed by atoms with Gasteiger partial charge in [0.15, 0.2) is 0 Å². The summed E-state index contributed by atoms with van der Waals surface area (Å²) in [5.74, 6) is 0.680. The van der Waals surface area contributed by atoms with Crippen LogP contribution in [0, 0.1) is 6.92 Å². The summed E-state index contributed by atoms with van der Waals surface area (Å²) in [6.45, 7) is 5.98. The van der Waals surface area contributed by atoms with Gasteiger partial charge in [-0.05, 0) is 44.5 Å². The highest BCUT2D eigenvalue weighted by molar-refractivity contribution is 5.95. The largest absolute Gasteiger partial charge is 0.333 e. The van der Waals surface area contributed by atoms with Crippen LogP contribution >= 0.6 is 0 Å². The number of nitrogens with zero attached hydrogens (tertiary/aromatic N) is 5. The van der Waals surface area contributed by atoms with Gasteiger partial charge < -0.3 is 4.90 Å². The standard InChI is InChI=1S/C22H25N5O/c1-5-7-19-13-21(26-16(3)25-19)17-8-6-9-18(12-17)22(28)27(4)15(2)20-10-11-23-14-24-20/h6,8-15H,5,7H2,1-4H3/t15-/m1/s1. The molecule has 0 saturated heterocycles. The van der Waals surface area contributed by atoms with Crippen LogP contribution in [0.5, 0.6) is 0 Å². The number of rotatable bonds is 6. The lowest BCUT2D eigenvalue weighted by molar-refractivity contribution is 0.0739. The summed E-state index contributed by atoms with van der Waals surface area (Å²) >= 11 is 0. The first kappa shape index (κ1) is 19.6. The average Bonchev–Trinajstić information content (AvgIpc) is 2.72. The van der Waals surface area contributed by atoms with Crippen molar-refractivity contribution in [1.82, 2.24) is 24.8 Å². The van der Waals surface area contributed by atoms with Crippen LogP contribution in [0.15, 0.2) is 48.9 Å². The van der Waals surface area contributed by atoms with Gasteiger partial charge in [0.2, 0.25) is 0 Å². The van der Waals surface area contributed by atoms with E-state index < -0.39 is 0 Å². The smallest absolute Gasteiger partial charge is 0.254 e. The first-order valence-electron chi connectivity index (χ1n) is 9.47. The molecular weight excluding hydrogens is 350 g/mol. The first-order valence-corrected chi connectivity index (χ1v) is 9.47. The quantitative estimate of drug-likeness (QED) is 0.650. The summed E-state index contributed by atoms with van der Waals surface area (Å²) in [6, 6.07) is 11.3. The molecule has 0 aliphatic heterocycles. The molecule has 1 amide bonds. The fourth-order valence-corrected chi connectivity index (χ4v) is 3.10. The van der Waals surface area contributed by atoms with E-state index in [0.717, 1.165) is 41.3 Å². The summed E-state index contributed by atoms with van der Waals surface area (Å²) in [4.78, 5) is 32.0. The number of carbonyl (C=O) groups is 1. The Morgan fingerprint density at radius 3 is 2.71 bits per heavy atom. The zero-order valence-electron chi connectivity index (χ0n) is 16.8. The average molecular weight is 375 g/mol. The van der Waals surface area contributed by atoms with Crippen LogP contribution in [0.25, 0.3) is 11.3 Å². The number of carbonyl (C=O) groups excluding carboxylic acids is 1. The summed E-state index contributed by atoms with van der Waals surface area (Å²) in [7, 11) is 1.79. The first-order chi connectivity index (χ1) is 13.5. The van der Waals surface area contributed by atoms with Crippen molar-refractivity contribution in [3.63, 3.8) is 0 Å². The van der Waals surface area contributed by atoms with Gasteiger partial charge in [-0.1, -0.05) is 25.5 Å². The van der Waals surface area contributed by atoms with Gasteiger partial charge in [-0.2, -0.15) is 0 Å². The zero-order chi connectivity index (χ0) is 20.1. The van der Waals surface area contributed by atoms with Crippen LogP contribution in [-0.2, 0) is 6.42 Å². The molecule has 0 radical (unpaired) electrons. The molecule has 0 fully saturated rings. The van der Waals surface area contributed by atoms with Crippen molar-refractivity contribution >= 4 is 5.91 Å². The van der Waals surface area contributed by atoms with E-state index in [1.807, 2.05) is 50.2 Å². The SMILES string of the molecule is CCCc1cc(-c2cccc(C(=O)N(C)[C@H](C)c3ccncn3)c2)nc(C)n1. The number of amides is 1. The Bertz CT molecular complexity index is 958. The van der Waals surface area contributed by atoms with E-state index in [4.69, 9.17) is 0 Å². The minimum Gasteiger partial charge on any atom is -0.333 e. The Hall–Kier alpha value is -3.15. The molecular formula is C22H25N5O. The molecule has 0 aliphatic carbocycles. The molecule has 3 rings (SSSR count). The molecule has 0 N–H and O–H groups in total. The van der Waals surface area contributed by atoms with Gasteiger partial charge in [0.1, 0.15) is 12.2 Å². The van der Waals surface area contributed by atoms with Crippen molar-refractivity contribution in [3.05, 3.63) is 71.7 Å². The number of hydrogen-bond donors (Lipinski definition) is 0. The second-order valence-corrected chi connectivity index (χ2v) is 6.85. The van der Waals surface area contributed by atoms with Crippen LogP contribution in [0.4, 0.5) is 0 Å². The van der Waals surface area contributed by atoms with Crippen molar-refractivity contribution in [1.29, 1.82) is 0 Å². The predicted octanol–water partition coefficient (Wildman–Crippen LogP) is 4.03. The van der Waals surface area contributed by atoms with E-state index in [0.29, 0.717) is 5.56 Å². The molecule has 1 atom stereocenters. The van der Waals surface area contributed by atoms with E-state index >= 15 is 0 Å². The van der Waals surface area contributed by atoms with Gasteiger partial charge in [0, 0.05) is 30.1 Å². The molecule has 144 valence electrons. The van der Waals surface area contributed by atoms with Crippen molar-refractivity contribution in [3.8, 4) is 11.3 Å². The maximum atomic E-state index is 13.0. The third-order valence-corrected chi connectivity index (χ3v) is 4.74. The predicted molar refractivity (Wildman–Crippen MR) is 109 cm³/mol. The Morgan fingerprint density at radius 2 is 2.00 bits per heavy atom. The molecule has 0 aliphatic rings. The van der Waals surface area contributed by atoms with Crippen molar-refractivity contribution in [2.45, 2.75) is 39.7 Å². The minimum absolute atomic E-state index is 0.0625. The molecule has 3 aromatic rings. The lowest BCUT2D eigenvalue weighted by atomic mass is 10.0. The van der Waals surface area contributed by atoms with Gasteiger partial charge in [-0.25, -0.2) is 19.9 Å². The third-order valence-electron chi connectivity index (χ3n) is 4.74. The molecule has 6 nitrogen and oxygen atoms in total. The molecule has 6 heteroatoms. The van der Waals surface area contributed by atoms with E-state index in [1.165, 1.54) is 6.33 Å². The van der Waals surface area contributed by atoms with Gasteiger partial charge in [0.05, 0.1) is 17.4 Å². The molecule has 2 heterocycles. The number of aryl methyl sites for hydroxylation is 2. The summed E-state index contributed by atoms with van der Waals surface area (Å²) in [5, 5.41) is 0. The topological polar surface area (TPSA) is 71.9 Å². The van der Waals surface area contributed by atoms with Crippen molar-refractivity contribution in [2.75, 3.05) is 7.05 Å². The second-order valence-electron chi connectivity index (χ2n) is 6.85. The number of hydrogen-bond acceptors (Lipinski definition) is 5. The highest BCUT2D eigenvalue weighted by Gasteiger charge is 2.20. The lowest BCUT2D eigenvalue weighted by Gasteiger charge is -2.24. The van der Waals surface area contributed by atoms with Crippen molar-refractivity contribution in [2.24, 2.45) is 0 Å². The molecule has 28 heavy (non-hydrogen) atoms. The van der Waals surface area contributed by atoms with Crippen LogP contribution in [0.3, 0.4) is 0 Å². The van der Waals surface area contributed by atoms with E-state index in [-0.39, 0.29) is 11.9 Å². The number of benzene rings is 1. The van der Waals surface area contributed by atoms with E-state index in [1.54, 1.807) is 18.1 Å². The van der Waals surface area contributed by atoms with E-state index in [2.05, 4.69) is 26.9 Å². The maximum absolute atomic E-state index is 13.0. The molecule has 0 saturated carbocycles. The van der Waals surface area contributed by atoms with Crippen LogP contribution in [0.1, 0.15) is 53.9 Å². The lowest BCUT2D eigenvalue weighted by Crippen LogP contribution is -2.30. The highest BCUT2D eigenvalue weighted by atomic mass is 16.2. The highest BCUT2D eigenvalue weighted by Crippen LogP contribution is 2.23. The third kappa shape index (κ3) is 4.39. The van der Waals surface area contributed by atoms with Gasteiger partial charge >= 0.3 is 0 Å². The summed E-state index contributed by atoms with van der Waals surface area (Å²) < 4.78 is 0. The molecule has 1 aromatic carbocycles. The summed E-state index contributed by atoms with van der Waals surface area (Å²) in [6.07, 6.45) is 5.12. The van der Waals surface area contributed by atoms with Crippen LogP contribution < -0.4 is 0 Å². The normalized spacial score (nSPS) is 11.9.